The number of aryl methyl sites for hydroxylation is 2. The van der Waals surface area contributed by atoms with Gasteiger partial charge in [0.1, 0.15) is 0 Å². The van der Waals surface area contributed by atoms with Crippen LogP contribution in [0.1, 0.15) is 43.2 Å². The van der Waals surface area contributed by atoms with Crippen molar-refractivity contribution in [2.24, 2.45) is 0 Å². The number of ether oxygens (including phenoxy) is 1. The Morgan fingerprint density at radius 3 is 2.12 bits per heavy atom. The van der Waals surface area contributed by atoms with Crippen molar-refractivity contribution in [1.29, 1.82) is 0 Å². The molecular formula is C14H19BrMgO. The van der Waals surface area contributed by atoms with Gasteiger partial charge in [0.25, 0.3) is 0 Å². The maximum absolute atomic E-state index is 6.10. The predicted octanol–water partition coefficient (Wildman–Crippen LogP) is 0.438. The Bertz CT molecular complexity index is 315. The van der Waals surface area contributed by atoms with Crippen molar-refractivity contribution in [3.05, 3.63) is 29.3 Å². The van der Waals surface area contributed by atoms with Crippen LogP contribution in [-0.4, -0.2) is 29.2 Å². The molecular weight excluding hydrogens is 288 g/mol. The minimum Gasteiger partial charge on any atom is -1.00 e. The summed E-state index contributed by atoms with van der Waals surface area (Å²) in [6.45, 7) is 4.20. The summed E-state index contributed by atoms with van der Waals surface area (Å²) in [5.74, 6) is 1.08. The third kappa shape index (κ3) is 4.80. The van der Waals surface area contributed by atoms with Gasteiger partial charge in [-0.25, -0.2) is 0 Å². The second-order valence-electron chi connectivity index (χ2n) is 4.53. The first kappa shape index (κ1) is 17.3. The monoisotopic (exact) mass is 306 g/mol. The molecule has 1 aromatic carbocycles. The van der Waals surface area contributed by atoms with Crippen molar-refractivity contribution in [1.82, 2.24) is 0 Å². The van der Waals surface area contributed by atoms with Crippen molar-refractivity contribution in [2.75, 3.05) is 0 Å². The zero-order valence-corrected chi connectivity index (χ0v) is 13.8. The molecule has 0 bridgehead atoms. The van der Waals surface area contributed by atoms with E-state index in [1.165, 1.54) is 43.2 Å². The zero-order valence-electron chi connectivity index (χ0n) is 10.8. The van der Waals surface area contributed by atoms with Crippen LogP contribution >= 0.6 is 0 Å². The fourth-order valence-corrected chi connectivity index (χ4v) is 2.27. The van der Waals surface area contributed by atoms with Gasteiger partial charge in [-0.05, 0) is 25.7 Å². The molecule has 0 atom stereocenters. The Morgan fingerprint density at radius 1 is 1.06 bits per heavy atom. The van der Waals surface area contributed by atoms with Crippen molar-refractivity contribution in [3.63, 3.8) is 0 Å². The maximum Gasteiger partial charge on any atom is 2.00 e. The molecule has 0 amide bonds. The number of benzene rings is 1. The summed E-state index contributed by atoms with van der Waals surface area (Å²) in [6.07, 6.45) is 6.90. The molecule has 3 heteroatoms. The van der Waals surface area contributed by atoms with Gasteiger partial charge in [-0.3, -0.25) is 0 Å². The minimum absolute atomic E-state index is 0. The van der Waals surface area contributed by atoms with Crippen LogP contribution in [0.2, 0.25) is 0 Å². The molecule has 17 heavy (non-hydrogen) atoms. The van der Waals surface area contributed by atoms with E-state index in [1.807, 2.05) is 12.1 Å². The van der Waals surface area contributed by atoms with Crippen LogP contribution in [-0.2, 0) is 0 Å². The normalized spacial score (nSPS) is 15.6. The fraction of sp³-hybridized carbons (Fsp3) is 0.571. The molecule has 2 rings (SSSR count). The second kappa shape index (κ2) is 8.38. The van der Waals surface area contributed by atoms with Gasteiger partial charge in [-0.1, -0.05) is 20.3 Å². The zero-order chi connectivity index (χ0) is 10.7. The molecule has 1 saturated carbocycles. The average molecular weight is 308 g/mol. The smallest absolute Gasteiger partial charge is 1.00 e. The number of hydrogen-bond acceptors (Lipinski definition) is 1. The molecule has 1 aliphatic rings. The topological polar surface area (TPSA) is 9.23 Å². The van der Waals surface area contributed by atoms with E-state index >= 15 is 0 Å². The maximum atomic E-state index is 6.10. The van der Waals surface area contributed by atoms with Crippen LogP contribution in [0.5, 0.6) is 5.75 Å². The largest absolute Gasteiger partial charge is 2.00 e. The van der Waals surface area contributed by atoms with E-state index in [9.17, 15) is 0 Å². The third-order valence-electron chi connectivity index (χ3n) is 3.15. The van der Waals surface area contributed by atoms with Crippen LogP contribution in [0.25, 0.3) is 0 Å². The molecule has 0 aliphatic heterocycles. The van der Waals surface area contributed by atoms with Gasteiger partial charge in [0.2, 0.25) is 0 Å². The third-order valence-corrected chi connectivity index (χ3v) is 3.15. The van der Waals surface area contributed by atoms with Crippen molar-refractivity contribution in [2.45, 2.75) is 52.1 Å². The SMILES string of the molecule is Cc1c[c-]cc(C)c1OC1CCCCC1.[Br-].[Mg+2]. The van der Waals surface area contributed by atoms with Crippen molar-refractivity contribution >= 4 is 23.1 Å². The summed E-state index contributed by atoms with van der Waals surface area (Å²) in [7, 11) is 0. The summed E-state index contributed by atoms with van der Waals surface area (Å²) >= 11 is 0. The van der Waals surface area contributed by atoms with Crippen LogP contribution in [0, 0.1) is 19.9 Å². The summed E-state index contributed by atoms with van der Waals surface area (Å²) in [5.41, 5.74) is 2.42. The molecule has 0 heterocycles. The summed E-state index contributed by atoms with van der Waals surface area (Å²) in [6, 6.07) is 7.14. The van der Waals surface area contributed by atoms with Crippen LogP contribution < -0.4 is 21.7 Å². The molecule has 0 aromatic heterocycles. The summed E-state index contributed by atoms with van der Waals surface area (Å²) in [5, 5.41) is 0. The average Bonchev–Trinajstić information content (AvgIpc) is 2.25. The van der Waals surface area contributed by atoms with E-state index in [1.54, 1.807) is 0 Å². The Morgan fingerprint density at radius 2 is 1.59 bits per heavy atom. The number of halogens is 1. The van der Waals surface area contributed by atoms with E-state index in [4.69, 9.17) is 4.74 Å². The minimum atomic E-state index is 0. The predicted molar refractivity (Wildman–Crippen MR) is 68.0 cm³/mol. The molecule has 1 nitrogen and oxygen atoms in total. The first-order chi connectivity index (χ1) is 7.27. The standard InChI is InChI=1S/C14H19O.BrH.Mg/c1-11-7-6-8-12(2)14(11)15-13-9-4-3-5-10-13;;/h7-8,13H,3-5,9-10H2,1-2H3;1H;/q-1;;+2/p-1. The Kier molecular flexibility index (Phi) is 8.51. The molecule has 90 valence electrons. The Hall–Kier alpha value is 0.266. The molecule has 1 aromatic rings. The van der Waals surface area contributed by atoms with E-state index in [2.05, 4.69) is 19.9 Å². The molecule has 1 fully saturated rings. The Labute approximate surface area is 131 Å². The van der Waals surface area contributed by atoms with Crippen LogP contribution in [0.15, 0.2) is 12.1 Å². The van der Waals surface area contributed by atoms with Gasteiger partial charge in [0, 0.05) is 5.75 Å². The van der Waals surface area contributed by atoms with Gasteiger partial charge in [-0.15, -0.1) is 11.1 Å². The number of rotatable bonds is 2. The molecule has 0 saturated heterocycles. The van der Waals surface area contributed by atoms with Gasteiger partial charge < -0.3 is 21.7 Å². The quantitative estimate of drug-likeness (QED) is 0.569. The van der Waals surface area contributed by atoms with E-state index in [0.717, 1.165) is 5.75 Å². The van der Waals surface area contributed by atoms with Gasteiger partial charge >= 0.3 is 23.1 Å². The van der Waals surface area contributed by atoms with Gasteiger partial charge in [0.15, 0.2) is 0 Å². The molecule has 0 N–H and O–H groups in total. The molecule has 1 aliphatic carbocycles. The second-order valence-corrected chi connectivity index (χ2v) is 4.53. The first-order valence-corrected chi connectivity index (χ1v) is 5.91. The van der Waals surface area contributed by atoms with Crippen molar-refractivity contribution in [3.8, 4) is 5.75 Å². The molecule has 0 radical (unpaired) electrons. The van der Waals surface area contributed by atoms with Gasteiger partial charge in [0.05, 0.1) is 6.10 Å². The van der Waals surface area contributed by atoms with E-state index in [0.29, 0.717) is 6.10 Å². The van der Waals surface area contributed by atoms with Crippen LogP contribution in [0.3, 0.4) is 0 Å². The number of hydrogen-bond donors (Lipinski definition) is 0. The van der Waals surface area contributed by atoms with Gasteiger partial charge in [-0.2, -0.15) is 18.2 Å². The fourth-order valence-electron chi connectivity index (χ4n) is 2.27. The first-order valence-electron chi connectivity index (χ1n) is 5.91. The van der Waals surface area contributed by atoms with Crippen LogP contribution in [0.4, 0.5) is 0 Å². The van der Waals surface area contributed by atoms with E-state index < -0.39 is 0 Å². The van der Waals surface area contributed by atoms with Crippen molar-refractivity contribution < 1.29 is 21.7 Å². The van der Waals surface area contributed by atoms with E-state index in [-0.39, 0.29) is 40.0 Å². The Balaban J connectivity index is 0.00000128. The molecule has 0 spiro atoms. The molecule has 0 unspecified atom stereocenters. The summed E-state index contributed by atoms with van der Waals surface area (Å²) in [4.78, 5) is 0. The summed E-state index contributed by atoms with van der Waals surface area (Å²) < 4.78 is 6.10.